The normalized spacial score (nSPS) is 16.9. The number of pyridine rings is 2. The maximum atomic E-state index is 5.98. The van der Waals surface area contributed by atoms with Gasteiger partial charge in [0.1, 0.15) is 17.3 Å². The molecule has 3 aromatic heterocycles. The van der Waals surface area contributed by atoms with E-state index >= 15 is 0 Å². The quantitative estimate of drug-likeness (QED) is 0.282. The molecule has 5 aromatic rings. The molecule has 7 heteroatoms. The number of H-pyrrole nitrogens is 1. The molecule has 1 unspecified atom stereocenters. The number of rotatable bonds is 9. The lowest BCUT2D eigenvalue weighted by Gasteiger charge is -2.43. The van der Waals surface area contributed by atoms with Crippen LogP contribution >= 0.6 is 0 Å². The van der Waals surface area contributed by atoms with Gasteiger partial charge in [-0.1, -0.05) is 42.5 Å². The van der Waals surface area contributed by atoms with E-state index in [-0.39, 0.29) is 5.54 Å². The van der Waals surface area contributed by atoms with Gasteiger partial charge in [-0.15, -0.1) is 0 Å². The highest BCUT2D eigenvalue weighted by Crippen LogP contribution is 2.41. The van der Waals surface area contributed by atoms with Crippen LogP contribution in [0.4, 0.5) is 0 Å². The summed E-state index contributed by atoms with van der Waals surface area (Å²) in [4.78, 5) is 20.0. The van der Waals surface area contributed by atoms with E-state index in [9.17, 15) is 0 Å². The molecule has 0 spiro atoms. The van der Waals surface area contributed by atoms with Crippen molar-refractivity contribution < 1.29 is 4.74 Å². The average Bonchev–Trinajstić information content (AvgIpc) is 3.37. The Labute approximate surface area is 222 Å². The third-order valence-electron chi connectivity index (χ3n) is 7.36. The summed E-state index contributed by atoms with van der Waals surface area (Å²) in [6.07, 6.45) is 4.54. The largest absolute Gasteiger partial charge is 0.492 e. The number of nitrogens with zero attached hydrogens (tertiary/aromatic N) is 4. The molecule has 1 aliphatic rings. The van der Waals surface area contributed by atoms with E-state index in [0.717, 1.165) is 60.1 Å². The Morgan fingerprint density at radius 1 is 0.868 bits per heavy atom. The molecule has 0 aliphatic carbocycles. The van der Waals surface area contributed by atoms with Gasteiger partial charge >= 0.3 is 0 Å². The number of hydrogen-bond acceptors (Lipinski definition) is 6. The van der Waals surface area contributed by atoms with Crippen LogP contribution < -0.4 is 10.1 Å². The number of ether oxygens (including phenoxy) is 1. The number of aromatic nitrogens is 4. The zero-order chi connectivity index (χ0) is 25.8. The molecule has 0 saturated heterocycles. The summed E-state index contributed by atoms with van der Waals surface area (Å²) in [5.41, 5.74) is 6.28. The minimum absolute atomic E-state index is 0.295. The summed E-state index contributed by atoms with van der Waals surface area (Å²) in [7, 11) is 0. The highest BCUT2D eigenvalue weighted by molar-refractivity contribution is 5.74. The van der Waals surface area contributed by atoms with Gasteiger partial charge in [-0.25, -0.2) is 4.98 Å². The summed E-state index contributed by atoms with van der Waals surface area (Å²) in [6, 6.07) is 27.0. The van der Waals surface area contributed by atoms with Crippen molar-refractivity contribution in [1.82, 2.24) is 30.2 Å². The van der Waals surface area contributed by atoms with Crippen LogP contribution in [0.3, 0.4) is 0 Å². The van der Waals surface area contributed by atoms with Crippen molar-refractivity contribution in [2.45, 2.75) is 45.1 Å². The van der Waals surface area contributed by atoms with E-state index in [1.807, 2.05) is 60.9 Å². The molecule has 2 N–H and O–H groups in total. The standard InChI is InChI=1S/C31H32N6O/c1-31(15-18-38-28-10-6-17-34-30(28)31)37(22-29-35-26-8-2-3-9-27(26)36-29)21-24-13-11-23(12-14-24)19-32-20-25-7-4-5-16-33-25/h2-14,16-17,32H,15,18-22H2,1H3,(H,35,36). The predicted octanol–water partition coefficient (Wildman–Crippen LogP) is 5.34. The molecule has 4 heterocycles. The third-order valence-corrected chi connectivity index (χ3v) is 7.36. The van der Waals surface area contributed by atoms with Crippen molar-refractivity contribution in [3.05, 3.63) is 120 Å². The second-order valence-corrected chi connectivity index (χ2v) is 10.0. The van der Waals surface area contributed by atoms with Crippen molar-refractivity contribution in [1.29, 1.82) is 0 Å². The zero-order valence-electron chi connectivity index (χ0n) is 21.6. The van der Waals surface area contributed by atoms with Crippen LogP contribution in [0.5, 0.6) is 5.75 Å². The summed E-state index contributed by atoms with van der Waals surface area (Å²) in [5, 5.41) is 3.48. The average molecular weight is 505 g/mol. The topological polar surface area (TPSA) is 79.0 Å². The molecule has 0 saturated carbocycles. The fourth-order valence-electron chi connectivity index (χ4n) is 5.18. The fraction of sp³-hybridized carbons (Fsp3) is 0.258. The molecule has 192 valence electrons. The Bertz CT molecular complexity index is 1470. The molecule has 6 rings (SSSR count). The van der Waals surface area contributed by atoms with E-state index in [1.54, 1.807) is 0 Å². The van der Waals surface area contributed by atoms with Gasteiger partial charge in [-0.2, -0.15) is 0 Å². The van der Waals surface area contributed by atoms with Crippen LogP contribution in [-0.2, 0) is 31.7 Å². The Hall–Kier alpha value is -4.07. The van der Waals surface area contributed by atoms with Gasteiger partial charge < -0.3 is 15.0 Å². The van der Waals surface area contributed by atoms with Gasteiger partial charge in [0, 0.05) is 38.4 Å². The second kappa shape index (κ2) is 10.7. The number of hydrogen-bond donors (Lipinski definition) is 2. The first-order valence-electron chi connectivity index (χ1n) is 13.1. The number of benzene rings is 2. The summed E-state index contributed by atoms with van der Waals surface area (Å²) in [5.74, 6) is 1.82. The lowest BCUT2D eigenvalue weighted by Crippen LogP contribution is -2.47. The molecule has 7 nitrogen and oxygen atoms in total. The predicted molar refractivity (Wildman–Crippen MR) is 148 cm³/mol. The number of nitrogens with one attached hydrogen (secondary N) is 2. The number of aromatic amines is 1. The first kappa shape index (κ1) is 24.3. The van der Waals surface area contributed by atoms with Crippen LogP contribution in [0.15, 0.2) is 91.3 Å². The van der Waals surface area contributed by atoms with Crippen molar-refractivity contribution >= 4 is 11.0 Å². The van der Waals surface area contributed by atoms with Crippen LogP contribution in [0, 0.1) is 0 Å². The molecule has 0 fully saturated rings. The highest BCUT2D eigenvalue weighted by Gasteiger charge is 2.40. The third kappa shape index (κ3) is 5.16. The molecular formula is C31H32N6O. The molecule has 1 aliphatic heterocycles. The van der Waals surface area contributed by atoms with Crippen LogP contribution in [0.2, 0.25) is 0 Å². The minimum Gasteiger partial charge on any atom is -0.492 e. The molecule has 0 amide bonds. The van der Waals surface area contributed by atoms with Gasteiger partial charge in [-0.3, -0.25) is 14.9 Å². The molecule has 1 atom stereocenters. The molecule has 0 bridgehead atoms. The van der Waals surface area contributed by atoms with Crippen LogP contribution in [-0.4, -0.2) is 31.4 Å². The maximum Gasteiger partial charge on any atom is 0.142 e. The van der Waals surface area contributed by atoms with E-state index in [1.165, 1.54) is 11.1 Å². The lowest BCUT2D eigenvalue weighted by atomic mass is 9.88. The summed E-state index contributed by atoms with van der Waals surface area (Å²) >= 11 is 0. The second-order valence-electron chi connectivity index (χ2n) is 10.0. The first-order chi connectivity index (χ1) is 18.7. The fourth-order valence-corrected chi connectivity index (χ4v) is 5.18. The van der Waals surface area contributed by atoms with Gasteiger partial charge in [0.2, 0.25) is 0 Å². The number of imidazole rings is 1. The van der Waals surface area contributed by atoms with Crippen LogP contribution in [0.1, 0.15) is 41.7 Å². The lowest BCUT2D eigenvalue weighted by molar-refractivity contribution is 0.0364. The smallest absolute Gasteiger partial charge is 0.142 e. The van der Waals surface area contributed by atoms with Crippen LogP contribution in [0.25, 0.3) is 11.0 Å². The maximum absolute atomic E-state index is 5.98. The van der Waals surface area contributed by atoms with Gasteiger partial charge in [0.05, 0.1) is 35.4 Å². The summed E-state index contributed by atoms with van der Waals surface area (Å²) < 4.78 is 5.98. The van der Waals surface area contributed by atoms with Gasteiger partial charge in [0.15, 0.2) is 0 Å². The number of fused-ring (bicyclic) bond motifs is 2. The van der Waals surface area contributed by atoms with Crippen molar-refractivity contribution in [3.8, 4) is 5.75 Å². The number of para-hydroxylation sites is 2. The molecule has 2 aromatic carbocycles. The Morgan fingerprint density at radius 2 is 1.68 bits per heavy atom. The minimum atomic E-state index is -0.295. The molecular weight excluding hydrogens is 472 g/mol. The molecule has 0 radical (unpaired) electrons. The van der Waals surface area contributed by atoms with Gasteiger partial charge in [0.25, 0.3) is 0 Å². The van der Waals surface area contributed by atoms with E-state index < -0.39 is 0 Å². The SMILES string of the molecule is CC1(N(Cc2ccc(CNCc3ccccn3)cc2)Cc2nc3ccccc3[nH]2)CCOc2cccnc21. The van der Waals surface area contributed by atoms with E-state index in [0.29, 0.717) is 13.2 Å². The van der Waals surface area contributed by atoms with Crippen molar-refractivity contribution in [3.63, 3.8) is 0 Å². The summed E-state index contributed by atoms with van der Waals surface area (Å²) in [6.45, 7) is 5.93. The molecule has 38 heavy (non-hydrogen) atoms. The van der Waals surface area contributed by atoms with Crippen molar-refractivity contribution in [2.75, 3.05) is 6.61 Å². The Kier molecular flexibility index (Phi) is 6.86. The van der Waals surface area contributed by atoms with Gasteiger partial charge in [-0.05, 0) is 54.4 Å². The van der Waals surface area contributed by atoms with E-state index in [2.05, 4.69) is 57.4 Å². The Balaban J connectivity index is 1.23. The zero-order valence-corrected chi connectivity index (χ0v) is 21.6. The highest BCUT2D eigenvalue weighted by atomic mass is 16.5. The first-order valence-corrected chi connectivity index (χ1v) is 13.1. The van der Waals surface area contributed by atoms with E-state index in [4.69, 9.17) is 14.7 Å². The Morgan fingerprint density at radius 3 is 2.53 bits per heavy atom. The van der Waals surface area contributed by atoms with Crippen molar-refractivity contribution in [2.24, 2.45) is 0 Å². The monoisotopic (exact) mass is 504 g/mol.